The zero-order chi connectivity index (χ0) is 35.9. The maximum Gasteiger partial charge on any atom is 0.259 e. The van der Waals surface area contributed by atoms with Gasteiger partial charge in [0.15, 0.2) is 0 Å². The number of hydrogen-bond donors (Lipinski definition) is 2. The first-order valence-corrected chi connectivity index (χ1v) is 19.3. The van der Waals surface area contributed by atoms with Crippen molar-refractivity contribution in [3.05, 3.63) is 66.7 Å². The van der Waals surface area contributed by atoms with E-state index in [1.54, 1.807) is 17.1 Å². The van der Waals surface area contributed by atoms with E-state index in [-0.39, 0.29) is 31.1 Å². The lowest BCUT2D eigenvalue weighted by Gasteiger charge is -2.33. The Kier molecular flexibility index (Phi) is 9.53. The highest BCUT2D eigenvalue weighted by Gasteiger charge is 2.62. The van der Waals surface area contributed by atoms with Crippen LogP contribution in [0.2, 0.25) is 0 Å². The van der Waals surface area contributed by atoms with Gasteiger partial charge < -0.3 is 14.8 Å². The van der Waals surface area contributed by atoms with Crippen LogP contribution in [0.4, 0.5) is 0 Å². The molecule has 51 heavy (non-hydrogen) atoms. The van der Waals surface area contributed by atoms with Crippen LogP contribution in [0.15, 0.2) is 66.7 Å². The number of carbonyl (C=O) groups is 3. The molecule has 0 radical (unpaired) electrons. The summed E-state index contributed by atoms with van der Waals surface area (Å²) in [6.07, 6.45) is 7.49. The molecule has 2 heterocycles. The van der Waals surface area contributed by atoms with Gasteiger partial charge in [-0.3, -0.25) is 24.1 Å². The molecule has 3 saturated carbocycles. The fraction of sp³-hybridized carbons (Fsp3) is 0.474. The summed E-state index contributed by atoms with van der Waals surface area (Å²) >= 11 is 0. The number of carbonyl (C=O) groups excluding carboxylic acids is 3. The molecule has 270 valence electrons. The zero-order valence-corrected chi connectivity index (χ0v) is 30.0. The third-order valence-corrected chi connectivity index (χ3v) is 12.4. The number of methoxy groups -OCH3 is 1. The van der Waals surface area contributed by atoms with Crippen molar-refractivity contribution in [2.24, 2.45) is 17.8 Å². The van der Waals surface area contributed by atoms with Gasteiger partial charge in [-0.2, -0.15) is 0 Å². The summed E-state index contributed by atoms with van der Waals surface area (Å²) in [6.45, 7) is 0.502. The second-order valence-electron chi connectivity index (χ2n) is 14.4. The molecule has 0 saturated heterocycles. The van der Waals surface area contributed by atoms with Crippen molar-refractivity contribution in [3.8, 4) is 22.8 Å². The molecule has 3 aromatic rings. The van der Waals surface area contributed by atoms with Crippen molar-refractivity contribution >= 4 is 38.6 Å². The lowest BCUT2D eigenvalue weighted by molar-refractivity contribution is -0.153. The standard InChI is InChI=1S/C38H45N5O7S/c1-42(2)43-18-10-5-4-9-13-25-23-38(25,37(46)41-51(47,48)28-15-16-28)40-35(44)30-19-27(20-31(30)36(43)45)50-34-22-32(24-11-7-6-8-12-24)39-33-21-26(49-3)14-17-29(33)34/h6-9,11-14,17,21-22,25,27-28,30-31H,4-5,10,15-16,18-20,23H2,1-3H3,(H,40,44)(H,41,46)/t25?,27-,30-,31-,38?/m1/s1. The molecule has 2 unspecified atom stereocenters. The Hall–Kier alpha value is -4.49. The predicted molar refractivity (Wildman–Crippen MR) is 192 cm³/mol. The van der Waals surface area contributed by atoms with Gasteiger partial charge in [-0.25, -0.2) is 18.4 Å². The summed E-state index contributed by atoms with van der Waals surface area (Å²) in [5, 5.41) is 6.60. The summed E-state index contributed by atoms with van der Waals surface area (Å²) in [4.78, 5) is 47.2. The van der Waals surface area contributed by atoms with Gasteiger partial charge in [0, 0.05) is 49.6 Å². The molecule has 12 nitrogen and oxygen atoms in total. The van der Waals surface area contributed by atoms with Gasteiger partial charge in [-0.15, -0.1) is 0 Å². The second-order valence-corrected chi connectivity index (χ2v) is 16.3. The number of amides is 3. The molecule has 5 atom stereocenters. The van der Waals surface area contributed by atoms with E-state index < -0.39 is 50.6 Å². The number of hydrazine groups is 1. The van der Waals surface area contributed by atoms with Crippen LogP contribution in [0.25, 0.3) is 22.2 Å². The number of sulfonamides is 1. The molecule has 13 heteroatoms. The second kappa shape index (κ2) is 13.9. The average Bonchev–Trinajstić information content (AvgIpc) is 4.04. The number of benzene rings is 2. The van der Waals surface area contributed by atoms with E-state index in [0.29, 0.717) is 42.1 Å². The average molecular weight is 716 g/mol. The molecule has 2 aromatic carbocycles. The van der Waals surface area contributed by atoms with Gasteiger partial charge in [0.25, 0.3) is 5.91 Å². The summed E-state index contributed by atoms with van der Waals surface area (Å²) < 4.78 is 40.1. The molecule has 1 aliphatic heterocycles. The van der Waals surface area contributed by atoms with Crippen LogP contribution in [-0.4, -0.2) is 85.8 Å². The van der Waals surface area contributed by atoms with Crippen molar-refractivity contribution in [1.29, 1.82) is 0 Å². The van der Waals surface area contributed by atoms with E-state index in [0.717, 1.165) is 30.2 Å². The number of rotatable bonds is 8. The van der Waals surface area contributed by atoms with E-state index in [2.05, 4.69) is 10.0 Å². The summed E-state index contributed by atoms with van der Waals surface area (Å²) in [5.74, 6) is -2.04. The maximum atomic E-state index is 14.3. The Bertz CT molecular complexity index is 1970. The normalized spacial score (nSPS) is 26.9. The number of fused-ring (bicyclic) bond motifs is 3. The minimum atomic E-state index is -3.83. The van der Waals surface area contributed by atoms with E-state index in [1.807, 2.05) is 80.8 Å². The Labute approximate surface area is 298 Å². The number of ether oxygens (including phenoxy) is 2. The highest BCUT2D eigenvalue weighted by Crippen LogP contribution is 2.47. The van der Waals surface area contributed by atoms with Crippen LogP contribution < -0.4 is 19.5 Å². The number of hydrogen-bond acceptors (Lipinski definition) is 9. The van der Waals surface area contributed by atoms with Gasteiger partial charge in [0.2, 0.25) is 21.8 Å². The molecule has 0 bridgehead atoms. The Morgan fingerprint density at radius 2 is 1.80 bits per heavy atom. The van der Waals surface area contributed by atoms with Crippen molar-refractivity contribution in [3.63, 3.8) is 0 Å². The molecule has 1 aromatic heterocycles. The molecular formula is C38H45N5O7S. The highest BCUT2D eigenvalue weighted by molar-refractivity contribution is 7.91. The fourth-order valence-corrected chi connectivity index (χ4v) is 8.81. The van der Waals surface area contributed by atoms with Crippen molar-refractivity contribution in [2.75, 3.05) is 27.7 Å². The molecule has 3 fully saturated rings. The number of nitrogens with one attached hydrogen (secondary N) is 2. The van der Waals surface area contributed by atoms with Gasteiger partial charge in [0.1, 0.15) is 23.1 Å². The quantitative estimate of drug-likeness (QED) is 0.328. The fourth-order valence-electron chi connectivity index (χ4n) is 7.45. The maximum absolute atomic E-state index is 14.3. The van der Waals surface area contributed by atoms with Crippen LogP contribution in [0.5, 0.6) is 11.5 Å². The molecule has 3 aliphatic carbocycles. The van der Waals surface area contributed by atoms with Crippen LogP contribution in [0.3, 0.4) is 0 Å². The van der Waals surface area contributed by atoms with Crippen molar-refractivity contribution < 1.29 is 32.3 Å². The number of pyridine rings is 1. The molecular weight excluding hydrogens is 671 g/mol. The van der Waals surface area contributed by atoms with Crippen LogP contribution in [-0.2, 0) is 24.4 Å². The van der Waals surface area contributed by atoms with E-state index in [9.17, 15) is 22.8 Å². The van der Waals surface area contributed by atoms with Crippen molar-refractivity contribution in [1.82, 2.24) is 25.0 Å². The van der Waals surface area contributed by atoms with E-state index in [4.69, 9.17) is 14.5 Å². The predicted octanol–water partition coefficient (Wildman–Crippen LogP) is 4.21. The molecule has 0 spiro atoms. The largest absolute Gasteiger partial charge is 0.497 e. The monoisotopic (exact) mass is 715 g/mol. The first kappa shape index (κ1) is 34.9. The van der Waals surface area contributed by atoms with Crippen molar-refractivity contribution in [2.45, 2.75) is 68.3 Å². The first-order valence-electron chi connectivity index (χ1n) is 17.7. The number of nitrogens with zero attached hydrogens (tertiary/aromatic N) is 3. The summed E-state index contributed by atoms with van der Waals surface area (Å²) in [5.41, 5.74) is 0.885. The summed E-state index contributed by atoms with van der Waals surface area (Å²) in [6, 6.07) is 17.2. The van der Waals surface area contributed by atoms with E-state index in [1.165, 1.54) is 0 Å². The van der Waals surface area contributed by atoms with E-state index >= 15 is 0 Å². The number of allylic oxidation sites excluding steroid dienone is 1. The topological polar surface area (TPSA) is 147 Å². The first-order chi connectivity index (χ1) is 24.5. The summed E-state index contributed by atoms with van der Waals surface area (Å²) in [7, 11) is 1.40. The van der Waals surface area contributed by atoms with Gasteiger partial charge in [-0.05, 0) is 63.5 Å². The zero-order valence-electron chi connectivity index (χ0n) is 29.2. The highest BCUT2D eigenvalue weighted by atomic mass is 32.2. The van der Waals surface area contributed by atoms with Gasteiger partial charge >= 0.3 is 0 Å². The lowest BCUT2D eigenvalue weighted by atomic mass is 9.93. The minimum Gasteiger partial charge on any atom is -0.497 e. The molecule has 3 amide bonds. The lowest BCUT2D eigenvalue weighted by Crippen LogP contribution is -2.55. The smallest absolute Gasteiger partial charge is 0.259 e. The third-order valence-electron chi connectivity index (χ3n) is 10.6. The molecule has 7 rings (SSSR count). The Morgan fingerprint density at radius 3 is 2.53 bits per heavy atom. The Balaban J connectivity index is 1.22. The van der Waals surface area contributed by atoms with Crippen LogP contribution in [0, 0.1) is 17.8 Å². The van der Waals surface area contributed by atoms with Gasteiger partial charge in [0.05, 0.1) is 35.4 Å². The minimum absolute atomic E-state index is 0.185. The van der Waals surface area contributed by atoms with Crippen LogP contribution in [0.1, 0.15) is 51.4 Å². The van der Waals surface area contributed by atoms with Gasteiger partial charge in [-0.1, -0.05) is 42.5 Å². The third kappa shape index (κ3) is 7.18. The Morgan fingerprint density at radius 1 is 1.04 bits per heavy atom. The SMILES string of the molecule is COc1ccc2c(O[C@@H]3C[C@H]4C(=O)NC5(C(=O)NS(=O)(=O)C6CC6)CC5C=CCCCCN(N(C)C)C(=O)[C@@H]4C3)cc(-c3ccccc3)nc2c1. The molecule has 2 N–H and O–H groups in total. The van der Waals surface area contributed by atoms with Crippen LogP contribution >= 0.6 is 0 Å². The molecule has 4 aliphatic rings. The number of aromatic nitrogens is 1.